The Kier molecular flexibility index (Phi) is 7.61. The molecule has 0 atom stereocenters. The maximum atomic E-state index is 11.5. The van der Waals surface area contributed by atoms with E-state index in [0.717, 1.165) is 17.2 Å². The van der Waals surface area contributed by atoms with E-state index in [-0.39, 0.29) is 12.1 Å². The molecule has 0 heterocycles. The topological polar surface area (TPSA) is 38.8 Å². The molecular formula is C16H25NO3S. The molecule has 0 saturated heterocycles. The Bertz CT molecular complexity index is 463. The molecule has 0 saturated carbocycles. The summed E-state index contributed by atoms with van der Waals surface area (Å²) in [5, 5.41) is 0. The lowest BCUT2D eigenvalue weighted by atomic mass is 10.2. The monoisotopic (exact) mass is 311 g/mol. The fourth-order valence-electron chi connectivity index (χ4n) is 1.97. The fraction of sp³-hybridized carbons (Fsp3) is 0.562. The van der Waals surface area contributed by atoms with Crippen LogP contribution in [0.1, 0.15) is 25.8 Å². The highest BCUT2D eigenvalue weighted by Crippen LogP contribution is 2.28. The van der Waals surface area contributed by atoms with E-state index in [2.05, 4.69) is 23.1 Å². The Morgan fingerprint density at radius 1 is 1.38 bits per heavy atom. The van der Waals surface area contributed by atoms with Gasteiger partial charge in [-0.25, -0.2) is 0 Å². The van der Waals surface area contributed by atoms with Gasteiger partial charge in [-0.15, -0.1) is 11.8 Å². The first-order valence-electron chi connectivity index (χ1n) is 7.05. The second-order valence-corrected chi connectivity index (χ2v) is 6.06. The Labute approximate surface area is 131 Å². The van der Waals surface area contributed by atoms with Crippen molar-refractivity contribution in [2.45, 2.75) is 37.8 Å². The number of hydrogen-bond donors (Lipinski definition) is 0. The smallest absolute Gasteiger partial charge is 0.307 e. The summed E-state index contributed by atoms with van der Waals surface area (Å²) in [7, 11) is 3.68. The number of ether oxygens (including phenoxy) is 2. The number of hydrogen-bond acceptors (Lipinski definition) is 5. The zero-order valence-corrected chi connectivity index (χ0v) is 14.3. The minimum absolute atomic E-state index is 0.0499. The largest absolute Gasteiger partial charge is 0.496 e. The van der Waals surface area contributed by atoms with Gasteiger partial charge >= 0.3 is 5.97 Å². The van der Waals surface area contributed by atoms with E-state index in [9.17, 15) is 4.79 Å². The molecule has 0 spiro atoms. The number of thioether (sulfide) groups is 1. The number of carbonyl (C=O) groups is 1. The first-order valence-corrected chi connectivity index (χ1v) is 8.27. The van der Waals surface area contributed by atoms with Gasteiger partial charge in [0.05, 0.1) is 19.6 Å². The summed E-state index contributed by atoms with van der Waals surface area (Å²) < 4.78 is 10.5. The number of nitrogens with zero attached hydrogens (tertiary/aromatic N) is 1. The molecule has 0 amide bonds. The van der Waals surface area contributed by atoms with Gasteiger partial charge in [0.25, 0.3) is 0 Å². The Morgan fingerprint density at radius 3 is 2.67 bits per heavy atom. The van der Waals surface area contributed by atoms with E-state index >= 15 is 0 Å². The maximum absolute atomic E-state index is 11.5. The van der Waals surface area contributed by atoms with Gasteiger partial charge in [0.1, 0.15) is 5.75 Å². The van der Waals surface area contributed by atoms with Crippen molar-refractivity contribution in [1.82, 2.24) is 4.90 Å². The Hall–Kier alpha value is -1.20. The predicted molar refractivity (Wildman–Crippen MR) is 87.0 cm³/mol. The quantitative estimate of drug-likeness (QED) is 0.544. The zero-order valence-electron chi connectivity index (χ0n) is 13.5. The molecule has 1 rings (SSSR count). The van der Waals surface area contributed by atoms with Crippen molar-refractivity contribution in [1.29, 1.82) is 0 Å². The first-order chi connectivity index (χ1) is 9.96. The van der Waals surface area contributed by atoms with E-state index in [1.165, 1.54) is 5.56 Å². The summed E-state index contributed by atoms with van der Waals surface area (Å²) in [6.07, 6.45) is 2.39. The van der Waals surface area contributed by atoms with Crippen molar-refractivity contribution in [2.75, 3.05) is 27.0 Å². The average Bonchev–Trinajstić information content (AvgIpc) is 2.44. The van der Waals surface area contributed by atoms with E-state index < -0.39 is 0 Å². The summed E-state index contributed by atoms with van der Waals surface area (Å²) in [5.41, 5.74) is 1.17. The van der Waals surface area contributed by atoms with Crippen molar-refractivity contribution in [3.05, 3.63) is 23.8 Å². The van der Waals surface area contributed by atoms with Crippen LogP contribution in [0.15, 0.2) is 23.1 Å². The lowest BCUT2D eigenvalue weighted by molar-refractivity contribution is -0.147. The summed E-state index contributed by atoms with van der Waals surface area (Å²) in [6, 6.07) is 6.21. The van der Waals surface area contributed by atoms with Crippen LogP contribution in [0, 0.1) is 0 Å². The molecule has 1 aromatic carbocycles. The molecule has 0 fully saturated rings. The lowest BCUT2D eigenvalue weighted by Crippen LogP contribution is -2.23. The van der Waals surface area contributed by atoms with Crippen molar-refractivity contribution < 1.29 is 14.3 Å². The molecule has 5 heteroatoms. The standard InChI is InChI=1S/C16H25NO3S/c1-12(2)20-16(18)8-9-17(3)11-13-6-7-15(21-5)14(10-13)19-4/h6-7,10,12H,8-9,11H2,1-5H3. The van der Waals surface area contributed by atoms with E-state index in [4.69, 9.17) is 9.47 Å². The number of esters is 1. The summed E-state index contributed by atoms with van der Waals surface area (Å²) in [4.78, 5) is 14.8. The fourth-order valence-corrected chi connectivity index (χ4v) is 2.52. The highest BCUT2D eigenvalue weighted by Gasteiger charge is 2.09. The highest BCUT2D eigenvalue weighted by atomic mass is 32.2. The molecule has 118 valence electrons. The molecule has 0 radical (unpaired) electrons. The Balaban J connectivity index is 2.51. The number of benzene rings is 1. The van der Waals surface area contributed by atoms with Gasteiger partial charge in [-0.05, 0) is 44.8 Å². The van der Waals surface area contributed by atoms with Crippen LogP contribution < -0.4 is 4.74 Å². The molecule has 0 bridgehead atoms. The second-order valence-electron chi connectivity index (χ2n) is 5.22. The Morgan fingerprint density at radius 2 is 2.10 bits per heavy atom. The third kappa shape index (κ3) is 6.40. The number of carbonyl (C=O) groups excluding carboxylic acids is 1. The van der Waals surface area contributed by atoms with Crippen LogP contribution >= 0.6 is 11.8 Å². The third-order valence-corrected chi connectivity index (χ3v) is 3.74. The number of rotatable bonds is 8. The molecule has 0 N–H and O–H groups in total. The molecule has 0 aliphatic rings. The zero-order chi connectivity index (χ0) is 15.8. The summed E-state index contributed by atoms with van der Waals surface area (Å²) >= 11 is 1.67. The molecule has 0 aliphatic carbocycles. The lowest BCUT2D eigenvalue weighted by Gasteiger charge is -2.17. The van der Waals surface area contributed by atoms with Crippen molar-refractivity contribution in [2.24, 2.45) is 0 Å². The van der Waals surface area contributed by atoms with Crippen LogP contribution in [-0.2, 0) is 16.1 Å². The van der Waals surface area contributed by atoms with Crippen LogP contribution in [0.3, 0.4) is 0 Å². The van der Waals surface area contributed by atoms with Crippen LogP contribution in [0.4, 0.5) is 0 Å². The molecule has 21 heavy (non-hydrogen) atoms. The third-order valence-electron chi connectivity index (χ3n) is 2.97. The molecule has 0 aliphatic heterocycles. The SMILES string of the molecule is COc1cc(CN(C)CCC(=O)OC(C)C)ccc1SC. The van der Waals surface area contributed by atoms with Gasteiger partial charge in [0, 0.05) is 18.0 Å². The predicted octanol–water partition coefficient (Wildman–Crippen LogP) is 3.19. The molecule has 0 unspecified atom stereocenters. The average molecular weight is 311 g/mol. The van der Waals surface area contributed by atoms with Gasteiger partial charge in [0.15, 0.2) is 0 Å². The minimum Gasteiger partial charge on any atom is -0.496 e. The van der Waals surface area contributed by atoms with E-state index in [0.29, 0.717) is 13.0 Å². The van der Waals surface area contributed by atoms with Crippen LogP contribution in [0.2, 0.25) is 0 Å². The number of methoxy groups -OCH3 is 1. The van der Waals surface area contributed by atoms with Crippen LogP contribution in [-0.4, -0.2) is 43.9 Å². The van der Waals surface area contributed by atoms with E-state index in [1.54, 1.807) is 18.9 Å². The first kappa shape index (κ1) is 17.9. The van der Waals surface area contributed by atoms with Crippen molar-refractivity contribution >= 4 is 17.7 Å². The second kappa shape index (κ2) is 8.95. The van der Waals surface area contributed by atoms with Gasteiger partial charge in [-0.2, -0.15) is 0 Å². The normalized spacial score (nSPS) is 11.0. The van der Waals surface area contributed by atoms with Gasteiger partial charge < -0.3 is 14.4 Å². The minimum atomic E-state index is -0.146. The summed E-state index contributed by atoms with van der Waals surface area (Å²) in [5.74, 6) is 0.750. The van der Waals surface area contributed by atoms with Gasteiger partial charge in [-0.3, -0.25) is 4.79 Å². The van der Waals surface area contributed by atoms with E-state index in [1.807, 2.05) is 27.2 Å². The van der Waals surface area contributed by atoms with Gasteiger partial charge in [-0.1, -0.05) is 6.07 Å². The van der Waals surface area contributed by atoms with Crippen LogP contribution in [0.5, 0.6) is 5.75 Å². The maximum Gasteiger partial charge on any atom is 0.307 e. The molecular weight excluding hydrogens is 286 g/mol. The highest BCUT2D eigenvalue weighted by molar-refractivity contribution is 7.98. The van der Waals surface area contributed by atoms with Crippen molar-refractivity contribution in [3.63, 3.8) is 0 Å². The van der Waals surface area contributed by atoms with Crippen LogP contribution in [0.25, 0.3) is 0 Å². The molecule has 0 aromatic heterocycles. The molecule has 1 aromatic rings. The summed E-state index contributed by atoms with van der Waals surface area (Å²) in [6.45, 7) is 5.18. The molecule has 4 nitrogen and oxygen atoms in total. The van der Waals surface area contributed by atoms with Gasteiger partial charge in [0.2, 0.25) is 0 Å². The van der Waals surface area contributed by atoms with Crippen molar-refractivity contribution in [3.8, 4) is 5.75 Å².